The quantitative estimate of drug-likeness (QED) is 0.295. The molecule has 0 radical (unpaired) electrons. The van der Waals surface area contributed by atoms with E-state index in [9.17, 15) is 14.7 Å². The number of aromatic nitrogens is 3. The number of anilines is 1. The van der Waals surface area contributed by atoms with Crippen molar-refractivity contribution in [3.8, 4) is 23.0 Å². The maximum atomic E-state index is 16.5. The molecule has 11 heteroatoms. The molecule has 2 atom stereocenters. The van der Waals surface area contributed by atoms with Crippen LogP contribution in [0.15, 0.2) is 36.5 Å². The molecule has 0 spiro atoms. The third-order valence-electron chi connectivity index (χ3n) is 7.99. The van der Waals surface area contributed by atoms with Crippen molar-refractivity contribution in [1.29, 1.82) is 0 Å². The van der Waals surface area contributed by atoms with Gasteiger partial charge in [0, 0.05) is 24.8 Å². The largest absolute Gasteiger partial charge is 0.508 e. The number of hydrogen-bond donors (Lipinski definition) is 1. The van der Waals surface area contributed by atoms with Crippen LogP contribution < -0.4 is 9.64 Å². The van der Waals surface area contributed by atoms with Crippen molar-refractivity contribution < 1.29 is 28.6 Å². The number of fused-ring (bicyclic) bond motifs is 4. The number of carbonyl (C=O) groups excluding carboxylic acids is 2. The summed E-state index contributed by atoms with van der Waals surface area (Å²) in [6.07, 6.45) is 4.09. The smallest absolute Gasteiger partial charge is 0.410 e. The molecular formula is C32H34FN5O5. The monoisotopic (exact) mass is 587 g/mol. The van der Waals surface area contributed by atoms with Crippen LogP contribution in [0.1, 0.15) is 46.1 Å². The van der Waals surface area contributed by atoms with Gasteiger partial charge in [-0.2, -0.15) is 9.97 Å². The van der Waals surface area contributed by atoms with Gasteiger partial charge in [-0.05, 0) is 68.5 Å². The molecule has 0 aliphatic carbocycles. The van der Waals surface area contributed by atoms with Gasteiger partial charge in [0.25, 0.3) is 0 Å². The second-order valence-corrected chi connectivity index (χ2v) is 12.0. The highest BCUT2D eigenvalue weighted by Crippen LogP contribution is 2.40. The number of aromatic hydroxyl groups is 1. The predicted molar refractivity (Wildman–Crippen MR) is 160 cm³/mol. The van der Waals surface area contributed by atoms with Crippen LogP contribution in [0.3, 0.4) is 0 Å². The maximum absolute atomic E-state index is 16.5. The van der Waals surface area contributed by atoms with Gasteiger partial charge in [0.1, 0.15) is 35.0 Å². The average Bonchev–Trinajstić information content (AvgIpc) is 3.24. The minimum absolute atomic E-state index is 0.00577. The number of piperazine rings is 1. The van der Waals surface area contributed by atoms with Crippen LogP contribution >= 0.6 is 0 Å². The fourth-order valence-electron chi connectivity index (χ4n) is 6.28. The van der Waals surface area contributed by atoms with E-state index in [4.69, 9.17) is 9.47 Å². The molecule has 2 bridgehead atoms. The molecule has 4 heterocycles. The molecule has 2 saturated heterocycles. The van der Waals surface area contributed by atoms with Gasteiger partial charge in [0.2, 0.25) is 0 Å². The molecule has 2 aliphatic rings. The Balaban J connectivity index is 1.45. The number of ether oxygens (including phenoxy) is 2. The average molecular weight is 588 g/mol. The Hall–Kier alpha value is -4.54. The molecule has 0 saturated carbocycles. The van der Waals surface area contributed by atoms with Crippen molar-refractivity contribution in [3.05, 3.63) is 47.9 Å². The fraction of sp³-hybridized carbons (Fsp3) is 0.406. The van der Waals surface area contributed by atoms with Crippen LogP contribution in [0.2, 0.25) is 0 Å². The van der Waals surface area contributed by atoms with Gasteiger partial charge >= 0.3 is 12.1 Å². The molecule has 2 aliphatic heterocycles. The van der Waals surface area contributed by atoms with Crippen LogP contribution in [0.5, 0.6) is 11.8 Å². The zero-order valence-corrected chi connectivity index (χ0v) is 24.6. The molecule has 1 amide bonds. The number of rotatable bonds is 6. The summed E-state index contributed by atoms with van der Waals surface area (Å²) >= 11 is 0. The molecule has 224 valence electrons. The Labute approximate surface area is 248 Å². The van der Waals surface area contributed by atoms with E-state index in [2.05, 4.69) is 15.0 Å². The van der Waals surface area contributed by atoms with E-state index in [-0.39, 0.29) is 47.8 Å². The summed E-state index contributed by atoms with van der Waals surface area (Å²) in [4.78, 5) is 41.4. The summed E-state index contributed by atoms with van der Waals surface area (Å²) in [5.41, 5.74) is 0.858. The first-order chi connectivity index (χ1) is 20.6. The van der Waals surface area contributed by atoms with Crippen molar-refractivity contribution in [2.75, 3.05) is 24.6 Å². The highest BCUT2D eigenvalue weighted by Gasteiger charge is 2.45. The Bertz CT molecular complexity index is 1730. The van der Waals surface area contributed by atoms with Gasteiger partial charge in [-0.3, -0.25) is 14.7 Å². The number of halogens is 1. The third kappa shape index (κ3) is 5.28. The van der Waals surface area contributed by atoms with E-state index in [1.165, 1.54) is 6.07 Å². The third-order valence-corrected chi connectivity index (χ3v) is 7.99. The number of nitrogens with zero attached hydrogens (tertiary/aromatic N) is 5. The Kier molecular flexibility index (Phi) is 7.27. The van der Waals surface area contributed by atoms with Crippen molar-refractivity contribution >= 4 is 39.9 Å². The fourth-order valence-corrected chi connectivity index (χ4v) is 6.28. The first-order valence-electron chi connectivity index (χ1n) is 14.5. The summed E-state index contributed by atoms with van der Waals surface area (Å²) in [6, 6.07) is 8.54. The lowest BCUT2D eigenvalue weighted by Gasteiger charge is -2.42. The lowest BCUT2D eigenvalue weighted by atomic mass is 9.95. The summed E-state index contributed by atoms with van der Waals surface area (Å²) < 4.78 is 27.7. The SMILES string of the molecule is CCc1cccc2cc(O)cc(-c3ncc4c(N5C[C@H]6CC[C@@H](C5)N6C(=O)OC(C)(C)C)nc(OCC=O)nc4c3F)c12. The molecule has 10 nitrogen and oxygen atoms in total. The number of hydrogen-bond acceptors (Lipinski definition) is 9. The van der Waals surface area contributed by atoms with E-state index in [1.54, 1.807) is 12.3 Å². The highest BCUT2D eigenvalue weighted by molar-refractivity contribution is 6.01. The van der Waals surface area contributed by atoms with Gasteiger partial charge in [0.15, 0.2) is 12.1 Å². The lowest BCUT2D eigenvalue weighted by Crippen LogP contribution is -2.57. The van der Waals surface area contributed by atoms with Crippen LogP contribution in [0, 0.1) is 5.82 Å². The first kappa shape index (κ1) is 28.6. The minimum Gasteiger partial charge on any atom is -0.508 e. The Morgan fingerprint density at radius 3 is 2.58 bits per heavy atom. The number of amides is 1. The van der Waals surface area contributed by atoms with E-state index in [0.29, 0.717) is 42.6 Å². The number of pyridine rings is 1. The molecule has 43 heavy (non-hydrogen) atoms. The van der Waals surface area contributed by atoms with Gasteiger partial charge in [0.05, 0.1) is 17.5 Å². The standard InChI is InChI=1S/C32H34FN5O5/c1-5-18-7-6-8-19-13-22(40)14-23(25(18)19)27-26(33)28-24(15-34-27)29(36-30(35-28)42-12-11-39)37-16-20-9-10-21(17-37)38(20)31(41)43-32(2,3)4/h6-8,11,13-15,20-21,40H,5,9-10,12,16-17H2,1-4H3/t20-,21+. The number of phenols is 1. The molecule has 2 aromatic carbocycles. The van der Waals surface area contributed by atoms with Crippen molar-refractivity contribution in [1.82, 2.24) is 19.9 Å². The molecule has 2 fully saturated rings. The van der Waals surface area contributed by atoms with Gasteiger partial charge < -0.3 is 19.5 Å². The van der Waals surface area contributed by atoms with Crippen LogP contribution in [0.4, 0.5) is 15.0 Å². The second kappa shape index (κ2) is 10.9. The number of phenolic OH excluding ortho intramolecular Hbond substituents is 1. The molecular weight excluding hydrogens is 553 g/mol. The van der Waals surface area contributed by atoms with Crippen LogP contribution in [-0.2, 0) is 16.0 Å². The number of aldehydes is 1. The number of aryl methyl sites for hydroxylation is 1. The van der Waals surface area contributed by atoms with Gasteiger partial charge in [-0.15, -0.1) is 0 Å². The summed E-state index contributed by atoms with van der Waals surface area (Å²) in [5, 5.41) is 12.5. The summed E-state index contributed by atoms with van der Waals surface area (Å²) in [5.74, 6) is -0.279. The summed E-state index contributed by atoms with van der Waals surface area (Å²) in [6.45, 7) is 8.16. The number of carbonyl (C=O) groups is 2. The Morgan fingerprint density at radius 2 is 1.91 bits per heavy atom. The second-order valence-electron chi connectivity index (χ2n) is 12.0. The molecule has 6 rings (SSSR count). The predicted octanol–water partition coefficient (Wildman–Crippen LogP) is 5.42. The normalized spacial score (nSPS) is 18.3. The topological polar surface area (TPSA) is 118 Å². The van der Waals surface area contributed by atoms with E-state index >= 15 is 4.39 Å². The molecule has 4 aromatic rings. The zero-order chi connectivity index (χ0) is 30.5. The van der Waals surface area contributed by atoms with E-state index in [1.807, 2.05) is 55.7 Å². The number of benzene rings is 2. The van der Waals surface area contributed by atoms with E-state index in [0.717, 1.165) is 29.2 Å². The molecule has 0 unspecified atom stereocenters. The maximum Gasteiger partial charge on any atom is 0.410 e. The van der Waals surface area contributed by atoms with Gasteiger partial charge in [-0.1, -0.05) is 25.1 Å². The van der Waals surface area contributed by atoms with Crippen molar-refractivity contribution in [3.63, 3.8) is 0 Å². The van der Waals surface area contributed by atoms with Gasteiger partial charge in [-0.25, -0.2) is 9.18 Å². The molecule has 1 N–H and O–H groups in total. The van der Waals surface area contributed by atoms with Crippen molar-refractivity contribution in [2.24, 2.45) is 0 Å². The lowest BCUT2D eigenvalue weighted by molar-refractivity contribution is -0.109. The minimum atomic E-state index is -0.690. The van der Waals surface area contributed by atoms with Crippen molar-refractivity contribution in [2.45, 2.75) is 64.6 Å². The zero-order valence-electron chi connectivity index (χ0n) is 24.6. The van der Waals surface area contributed by atoms with Crippen LogP contribution in [-0.4, -0.2) is 74.7 Å². The van der Waals surface area contributed by atoms with E-state index < -0.39 is 11.4 Å². The Morgan fingerprint density at radius 1 is 1.16 bits per heavy atom. The summed E-state index contributed by atoms with van der Waals surface area (Å²) in [7, 11) is 0. The first-order valence-corrected chi connectivity index (χ1v) is 14.5. The molecule has 2 aromatic heterocycles. The highest BCUT2D eigenvalue weighted by atomic mass is 19.1. The van der Waals surface area contributed by atoms with Crippen LogP contribution in [0.25, 0.3) is 32.9 Å².